The van der Waals surface area contributed by atoms with Crippen molar-refractivity contribution in [1.82, 2.24) is 39.8 Å². The lowest BCUT2D eigenvalue weighted by molar-refractivity contribution is -0.161. The number of nitrogens with zero attached hydrogens (tertiary/aromatic N) is 7. The first kappa shape index (κ1) is 20.8. The van der Waals surface area contributed by atoms with Gasteiger partial charge in [-0.25, -0.2) is 19.6 Å². The van der Waals surface area contributed by atoms with Crippen LogP contribution in [0, 0.1) is 0 Å². The van der Waals surface area contributed by atoms with E-state index in [-0.39, 0.29) is 36.6 Å². The van der Waals surface area contributed by atoms with E-state index >= 15 is 0 Å². The number of carbonyl (C=O) groups is 3. The maximum absolute atomic E-state index is 13.0. The Hall–Kier alpha value is -3.41. The van der Waals surface area contributed by atoms with Crippen LogP contribution < -0.4 is 5.32 Å². The van der Waals surface area contributed by atoms with Crippen molar-refractivity contribution in [2.45, 2.75) is 37.5 Å². The predicted molar refractivity (Wildman–Crippen MR) is 105 cm³/mol. The third-order valence-corrected chi connectivity index (χ3v) is 5.77. The number of aliphatic hydroxyl groups excluding tert-OH is 1. The molecule has 2 N–H and O–H groups in total. The van der Waals surface area contributed by atoms with Crippen molar-refractivity contribution < 1.29 is 19.5 Å². The molecule has 1 unspecified atom stereocenters. The van der Waals surface area contributed by atoms with E-state index in [1.165, 1.54) is 35.2 Å². The van der Waals surface area contributed by atoms with Crippen molar-refractivity contribution in [2.75, 3.05) is 19.6 Å². The molecule has 12 nitrogen and oxygen atoms in total. The van der Waals surface area contributed by atoms with Crippen LogP contribution in [0.1, 0.15) is 42.3 Å². The molecule has 0 aromatic carbocycles. The second-order valence-electron chi connectivity index (χ2n) is 7.85. The van der Waals surface area contributed by atoms with Crippen LogP contribution in [0.25, 0.3) is 0 Å². The van der Waals surface area contributed by atoms with Crippen LogP contribution in [0.4, 0.5) is 0 Å². The summed E-state index contributed by atoms with van der Waals surface area (Å²) in [5.74, 6) is -0.585. The van der Waals surface area contributed by atoms with Crippen molar-refractivity contribution in [3.8, 4) is 0 Å². The summed E-state index contributed by atoms with van der Waals surface area (Å²) in [6.45, 7) is 2.07. The average molecular weight is 428 g/mol. The minimum atomic E-state index is -0.935. The molecule has 0 aliphatic carbocycles. The quantitative estimate of drug-likeness (QED) is 0.538. The number of rotatable bonds is 6. The fourth-order valence-electron chi connectivity index (χ4n) is 4.22. The number of likely N-dealkylation sites (tertiary alicyclic amines) is 2. The molecule has 3 atom stereocenters. The Bertz CT molecular complexity index is 994. The minimum Gasteiger partial charge on any atom is -0.391 e. The van der Waals surface area contributed by atoms with Crippen LogP contribution in [0.5, 0.6) is 0 Å². The highest BCUT2D eigenvalue weighted by Gasteiger charge is 2.60. The smallest absolute Gasteiger partial charge is 0.292 e. The molecule has 31 heavy (non-hydrogen) atoms. The third-order valence-electron chi connectivity index (χ3n) is 5.77. The minimum absolute atomic E-state index is 0.174. The van der Waals surface area contributed by atoms with Crippen LogP contribution in [-0.4, -0.2) is 88.6 Å². The van der Waals surface area contributed by atoms with Crippen LogP contribution in [0.15, 0.2) is 24.8 Å². The maximum atomic E-state index is 13.0. The first-order valence-electron chi connectivity index (χ1n) is 10.0. The first-order valence-corrected chi connectivity index (χ1v) is 10.0. The second-order valence-corrected chi connectivity index (χ2v) is 7.85. The number of hydrogen-bond acceptors (Lipinski definition) is 8. The Kier molecular flexibility index (Phi) is 5.39. The Balaban J connectivity index is 1.41. The molecular formula is C19H24N8O4. The molecule has 2 saturated heterocycles. The van der Waals surface area contributed by atoms with E-state index in [1.54, 1.807) is 18.0 Å². The molecule has 2 aliphatic heterocycles. The summed E-state index contributed by atoms with van der Waals surface area (Å²) < 4.78 is 1.38. The first-order chi connectivity index (χ1) is 14.8. The van der Waals surface area contributed by atoms with Crippen LogP contribution in [0.3, 0.4) is 0 Å². The summed E-state index contributed by atoms with van der Waals surface area (Å²) in [4.78, 5) is 53.6. The van der Waals surface area contributed by atoms with E-state index in [4.69, 9.17) is 0 Å². The van der Waals surface area contributed by atoms with Crippen LogP contribution >= 0.6 is 0 Å². The van der Waals surface area contributed by atoms with Gasteiger partial charge in [0.1, 0.15) is 17.9 Å². The number of amides is 3. The number of nitrogens with one attached hydrogen (secondary N) is 1. The number of β-lactam (4-membered cyclic amide) rings is 1. The van der Waals surface area contributed by atoms with Crippen LogP contribution in [0.2, 0.25) is 0 Å². The van der Waals surface area contributed by atoms with E-state index in [1.807, 2.05) is 0 Å². The molecule has 0 bridgehead atoms. The standard InChI is InChI=1S/C19H24N8O4/c1-12(28)14(15-20-6-4-7-21-15)24-13(29)9-26-10-19(18(26)31)5-3-8-27(19)17(30)16-22-11-23-25(16)2/h4,6-7,11-12,14,28H,3,5,8-10H2,1-2H3,(H,24,29)/t12-,14+,19?/m1/s1. The monoisotopic (exact) mass is 428 g/mol. The summed E-state index contributed by atoms with van der Waals surface area (Å²) in [7, 11) is 1.62. The molecule has 4 rings (SSSR count). The summed E-state index contributed by atoms with van der Waals surface area (Å²) >= 11 is 0. The third kappa shape index (κ3) is 3.63. The molecule has 0 saturated carbocycles. The zero-order valence-electron chi connectivity index (χ0n) is 17.3. The molecule has 12 heteroatoms. The predicted octanol–water partition coefficient (Wildman–Crippen LogP) is -1.34. The fourth-order valence-corrected chi connectivity index (χ4v) is 4.22. The molecule has 2 aliphatic rings. The largest absolute Gasteiger partial charge is 0.391 e. The summed E-state index contributed by atoms with van der Waals surface area (Å²) in [5.41, 5.74) is -0.935. The average Bonchev–Trinajstić information content (AvgIpc) is 3.39. The Morgan fingerprint density at radius 1 is 1.29 bits per heavy atom. The Morgan fingerprint density at radius 3 is 2.65 bits per heavy atom. The molecule has 0 radical (unpaired) electrons. The van der Waals surface area contributed by atoms with E-state index in [0.29, 0.717) is 19.4 Å². The fraction of sp³-hybridized carbons (Fsp3) is 0.526. The lowest BCUT2D eigenvalue weighted by Gasteiger charge is -2.50. The van der Waals surface area contributed by atoms with Gasteiger partial charge in [0, 0.05) is 26.0 Å². The number of hydrogen-bond donors (Lipinski definition) is 2. The summed E-state index contributed by atoms with van der Waals surface area (Å²) in [6, 6.07) is 0.845. The Morgan fingerprint density at radius 2 is 2.03 bits per heavy atom. The van der Waals surface area contributed by atoms with Gasteiger partial charge >= 0.3 is 0 Å². The van der Waals surface area contributed by atoms with Gasteiger partial charge < -0.3 is 20.2 Å². The van der Waals surface area contributed by atoms with Gasteiger partial charge in [0.25, 0.3) is 11.8 Å². The number of aromatic nitrogens is 5. The number of carbonyl (C=O) groups excluding carboxylic acids is 3. The normalized spacial score (nSPS) is 22.4. The van der Waals surface area contributed by atoms with Crippen molar-refractivity contribution in [2.24, 2.45) is 7.05 Å². The van der Waals surface area contributed by atoms with Crippen molar-refractivity contribution in [3.05, 3.63) is 36.4 Å². The molecule has 4 heterocycles. The van der Waals surface area contributed by atoms with Gasteiger partial charge in [0.05, 0.1) is 19.2 Å². The zero-order chi connectivity index (χ0) is 22.2. The molecule has 2 aromatic heterocycles. The van der Waals surface area contributed by atoms with Gasteiger partial charge in [-0.05, 0) is 25.8 Å². The topological polar surface area (TPSA) is 146 Å². The lowest BCUT2D eigenvalue weighted by atomic mass is 9.85. The number of aliphatic hydroxyl groups is 1. The highest BCUT2D eigenvalue weighted by Crippen LogP contribution is 2.39. The highest BCUT2D eigenvalue weighted by molar-refractivity contribution is 6.02. The number of aryl methyl sites for hydroxylation is 1. The van der Waals surface area contributed by atoms with Crippen LogP contribution in [-0.2, 0) is 16.6 Å². The zero-order valence-corrected chi connectivity index (χ0v) is 17.3. The van der Waals surface area contributed by atoms with E-state index in [9.17, 15) is 19.5 Å². The second kappa shape index (κ2) is 8.02. The van der Waals surface area contributed by atoms with Crippen molar-refractivity contribution >= 4 is 17.7 Å². The molecule has 2 fully saturated rings. The van der Waals surface area contributed by atoms with E-state index < -0.39 is 23.6 Å². The molecule has 3 amide bonds. The SMILES string of the molecule is C[C@@H](O)[C@H](NC(=O)CN1CC2(CCCN2C(=O)c2ncnn2C)C1=O)c1ncccn1. The molecule has 2 aromatic rings. The maximum Gasteiger partial charge on any atom is 0.292 e. The van der Waals surface area contributed by atoms with Gasteiger partial charge in [0.15, 0.2) is 5.82 Å². The lowest BCUT2D eigenvalue weighted by Crippen LogP contribution is -2.73. The van der Waals surface area contributed by atoms with E-state index in [2.05, 4.69) is 25.4 Å². The molecule has 164 valence electrons. The van der Waals surface area contributed by atoms with Crippen molar-refractivity contribution in [3.63, 3.8) is 0 Å². The van der Waals surface area contributed by atoms with Gasteiger partial charge in [-0.15, -0.1) is 0 Å². The van der Waals surface area contributed by atoms with Gasteiger partial charge in [-0.1, -0.05) is 0 Å². The highest BCUT2D eigenvalue weighted by atomic mass is 16.3. The summed E-state index contributed by atoms with van der Waals surface area (Å²) in [5, 5.41) is 16.6. The Labute approximate surface area is 178 Å². The van der Waals surface area contributed by atoms with Gasteiger partial charge in [-0.2, -0.15) is 5.10 Å². The van der Waals surface area contributed by atoms with Gasteiger partial charge in [-0.3, -0.25) is 14.4 Å². The molecular weight excluding hydrogens is 404 g/mol. The molecule has 1 spiro atoms. The van der Waals surface area contributed by atoms with E-state index in [0.717, 1.165) is 0 Å². The van der Waals surface area contributed by atoms with Crippen molar-refractivity contribution in [1.29, 1.82) is 0 Å². The summed E-state index contributed by atoms with van der Waals surface area (Å²) in [6.07, 6.45) is 4.67. The van der Waals surface area contributed by atoms with Gasteiger partial charge in [0.2, 0.25) is 11.7 Å².